The first kappa shape index (κ1) is 17.4. The zero-order valence-electron chi connectivity index (χ0n) is 14.9. The number of benzene rings is 2. The smallest absolute Gasteiger partial charge is 0.254 e. The number of aryl methyl sites for hydroxylation is 2. The highest BCUT2D eigenvalue weighted by Crippen LogP contribution is 2.20. The largest absolute Gasteiger partial charge is 0.375 e. The van der Waals surface area contributed by atoms with Gasteiger partial charge in [-0.1, -0.05) is 30.3 Å². The van der Waals surface area contributed by atoms with Crippen LogP contribution in [0.4, 0.5) is 0 Å². The van der Waals surface area contributed by atoms with E-state index in [1.54, 1.807) is 29.2 Å². The normalized spacial score (nSPS) is 17.4. The maximum Gasteiger partial charge on any atom is 0.254 e. The van der Waals surface area contributed by atoms with Crippen LogP contribution in [0, 0.1) is 13.8 Å². The van der Waals surface area contributed by atoms with E-state index in [1.807, 2.05) is 39.0 Å². The molecule has 1 fully saturated rings. The van der Waals surface area contributed by atoms with Crippen molar-refractivity contribution in [1.82, 2.24) is 4.90 Å². The van der Waals surface area contributed by atoms with Crippen molar-refractivity contribution in [2.24, 2.45) is 0 Å². The lowest BCUT2D eigenvalue weighted by Crippen LogP contribution is -2.44. The number of amides is 1. The molecule has 2 aromatic rings. The molecule has 4 nitrogen and oxygen atoms in total. The van der Waals surface area contributed by atoms with E-state index in [-0.39, 0.29) is 17.8 Å². The topological polar surface area (TPSA) is 46.6 Å². The maximum atomic E-state index is 13.0. The zero-order chi connectivity index (χ0) is 18.0. The molecule has 3 rings (SSSR count). The van der Waals surface area contributed by atoms with Crippen LogP contribution in [-0.2, 0) is 4.74 Å². The van der Waals surface area contributed by atoms with Crippen LogP contribution in [0.5, 0.6) is 0 Å². The number of carbonyl (C=O) groups excluding carboxylic acids is 2. The van der Waals surface area contributed by atoms with Gasteiger partial charge in [-0.2, -0.15) is 0 Å². The highest BCUT2D eigenvalue weighted by atomic mass is 16.5. The second kappa shape index (κ2) is 7.19. The van der Waals surface area contributed by atoms with Crippen molar-refractivity contribution in [2.45, 2.75) is 26.9 Å². The molecule has 0 bridgehead atoms. The summed E-state index contributed by atoms with van der Waals surface area (Å²) < 4.78 is 5.50. The summed E-state index contributed by atoms with van der Waals surface area (Å²) in [5, 5.41) is 0. The third-order valence-electron chi connectivity index (χ3n) is 4.70. The van der Waals surface area contributed by atoms with E-state index in [9.17, 15) is 9.59 Å². The van der Waals surface area contributed by atoms with Gasteiger partial charge in [0.1, 0.15) is 0 Å². The minimum absolute atomic E-state index is 0.0142. The average molecular weight is 337 g/mol. The lowest BCUT2D eigenvalue weighted by atomic mass is 9.95. The predicted octanol–water partition coefficient (Wildman–Crippen LogP) is 3.40. The summed E-state index contributed by atoms with van der Waals surface area (Å²) in [4.78, 5) is 27.7. The number of morpholine rings is 1. The van der Waals surface area contributed by atoms with Gasteiger partial charge in [0.2, 0.25) is 0 Å². The monoisotopic (exact) mass is 337 g/mol. The minimum atomic E-state index is -0.117. The van der Waals surface area contributed by atoms with Crippen LogP contribution in [0.25, 0.3) is 0 Å². The Kier molecular flexibility index (Phi) is 5.00. The first-order chi connectivity index (χ1) is 12.0. The van der Waals surface area contributed by atoms with Crippen LogP contribution in [-0.4, -0.2) is 42.4 Å². The minimum Gasteiger partial charge on any atom is -0.375 e. The van der Waals surface area contributed by atoms with Crippen LogP contribution >= 0.6 is 0 Å². The molecule has 25 heavy (non-hydrogen) atoms. The summed E-state index contributed by atoms with van der Waals surface area (Å²) in [5.41, 5.74) is 3.73. The Hall–Kier alpha value is -2.46. The molecule has 2 aromatic carbocycles. The SMILES string of the molecule is Cc1ccc(C(=O)c2ccccc2C(=O)N2CCO[C@H](C)C2)cc1C. The summed E-state index contributed by atoms with van der Waals surface area (Å²) in [5.74, 6) is -0.226. The van der Waals surface area contributed by atoms with Gasteiger partial charge in [-0.25, -0.2) is 0 Å². The number of rotatable bonds is 3. The summed E-state index contributed by atoms with van der Waals surface area (Å²) >= 11 is 0. The second-order valence-corrected chi connectivity index (χ2v) is 6.61. The molecule has 1 saturated heterocycles. The Labute approximate surface area is 148 Å². The van der Waals surface area contributed by atoms with Gasteiger partial charge in [-0.05, 0) is 44.0 Å². The molecule has 1 amide bonds. The van der Waals surface area contributed by atoms with Crippen LogP contribution in [0.15, 0.2) is 42.5 Å². The van der Waals surface area contributed by atoms with E-state index >= 15 is 0 Å². The Morgan fingerprint density at radius 1 is 1.04 bits per heavy atom. The Bertz CT molecular complexity index is 813. The van der Waals surface area contributed by atoms with Gasteiger partial charge in [-0.3, -0.25) is 9.59 Å². The van der Waals surface area contributed by atoms with E-state index in [0.717, 1.165) is 11.1 Å². The highest BCUT2D eigenvalue weighted by molar-refractivity contribution is 6.15. The quantitative estimate of drug-likeness (QED) is 0.807. The predicted molar refractivity (Wildman–Crippen MR) is 97.1 cm³/mol. The first-order valence-corrected chi connectivity index (χ1v) is 8.59. The fourth-order valence-corrected chi connectivity index (χ4v) is 3.08. The number of hydrogen-bond acceptors (Lipinski definition) is 3. The van der Waals surface area contributed by atoms with Gasteiger partial charge in [0, 0.05) is 24.2 Å². The number of hydrogen-bond donors (Lipinski definition) is 0. The molecule has 4 heteroatoms. The van der Waals surface area contributed by atoms with Crippen LogP contribution < -0.4 is 0 Å². The summed E-state index contributed by atoms with van der Waals surface area (Å²) in [6.45, 7) is 7.57. The molecule has 0 aromatic heterocycles. The van der Waals surface area contributed by atoms with Crippen molar-refractivity contribution >= 4 is 11.7 Å². The highest BCUT2D eigenvalue weighted by Gasteiger charge is 2.26. The molecule has 0 spiro atoms. The third-order valence-corrected chi connectivity index (χ3v) is 4.70. The van der Waals surface area contributed by atoms with Crippen LogP contribution in [0.2, 0.25) is 0 Å². The van der Waals surface area contributed by atoms with E-state index in [4.69, 9.17) is 4.74 Å². The summed E-state index contributed by atoms with van der Waals surface area (Å²) in [6, 6.07) is 12.7. The fraction of sp³-hybridized carbons (Fsp3) is 0.333. The molecule has 1 aliphatic heterocycles. The molecular formula is C21H23NO3. The molecule has 0 aliphatic carbocycles. The number of carbonyl (C=O) groups is 2. The average Bonchev–Trinajstić information content (AvgIpc) is 2.63. The van der Waals surface area contributed by atoms with E-state index in [1.165, 1.54) is 0 Å². The lowest BCUT2D eigenvalue weighted by molar-refractivity contribution is -0.0124. The molecule has 0 unspecified atom stereocenters. The molecule has 1 aliphatic rings. The molecule has 1 heterocycles. The van der Waals surface area contributed by atoms with E-state index in [0.29, 0.717) is 36.4 Å². The first-order valence-electron chi connectivity index (χ1n) is 8.59. The van der Waals surface area contributed by atoms with Crippen LogP contribution in [0.3, 0.4) is 0 Å². The van der Waals surface area contributed by atoms with E-state index in [2.05, 4.69) is 0 Å². The molecule has 0 N–H and O–H groups in total. The van der Waals surface area contributed by atoms with Crippen molar-refractivity contribution in [2.75, 3.05) is 19.7 Å². The standard InChI is InChI=1S/C21H23NO3/c1-14-8-9-17(12-15(14)2)20(23)18-6-4-5-7-19(18)21(24)22-10-11-25-16(3)13-22/h4-9,12,16H,10-11,13H2,1-3H3/t16-/m1/s1. The fourth-order valence-electron chi connectivity index (χ4n) is 3.08. The van der Waals surface area contributed by atoms with Crippen molar-refractivity contribution in [3.8, 4) is 0 Å². The van der Waals surface area contributed by atoms with Gasteiger partial charge in [0.05, 0.1) is 18.3 Å². The van der Waals surface area contributed by atoms with E-state index < -0.39 is 0 Å². The second-order valence-electron chi connectivity index (χ2n) is 6.61. The Morgan fingerprint density at radius 2 is 1.76 bits per heavy atom. The zero-order valence-corrected chi connectivity index (χ0v) is 14.9. The van der Waals surface area contributed by atoms with Gasteiger partial charge in [0.15, 0.2) is 5.78 Å². The van der Waals surface area contributed by atoms with Crippen molar-refractivity contribution in [3.63, 3.8) is 0 Å². The molecular weight excluding hydrogens is 314 g/mol. The van der Waals surface area contributed by atoms with Crippen LogP contribution in [0.1, 0.15) is 44.3 Å². The lowest BCUT2D eigenvalue weighted by Gasteiger charge is -2.31. The molecule has 1 atom stereocenters. The molecule has 0 radical (unpaired) electrons. The Balaban J connectivity index is 1.93. The summed E-state index contributed by atoms with van der Waals surface area (Å²) in [6.07, 6.45) is 0.0142. The summed E-state index contributed by atoms with van der Waals surface area (Å²) in [7, 11) is 0. The number of ether oxygens (including phenoxy) is 1. The number of nitrogens with zero attached hydrogens (tertiary/aromatic N) is 1. The molecule has 130 valence electrons. The third kappa shape index (κ3) is 3.64. The Morgan fingerprint density at radius 3 is 2.44 bits per heavy atom. The molecule has 0 saturated carbocycles. The van der Waals surface area contributed by atoms with Gasteiger partial charge in [-0.15, -0.1) is 0 Å². The van der Waals surface area contributed by atoms with Gasteiger partial charge in [0.25, 0.3) is 5.91 Å². The van der Waals surface area contributed by atoms with Crippen molar-refractivity contribution in [3.05, 3.63) is 70.3 Å². The van der Waals surface area contributed by atoms with Gasteiger partial charge < -0.3 is 9.64 Å². The van der Waals surface area contributed by atoms with Gasteiger partial charge >= 0.3 is 0 Å². The maximum absolute atomic E-state index is 13.0. The van der Waals surface area contributed by atoms with Crippen molar-refractivity contribution < 1.29 is 14.3 Å². The van der Waals surface area contributed by atoms with Crippen molar-refractivity contribution in [1.29, 1.82) is 0 Å². The number of ketones is 1.